The molecule has 3 aromatic rings. The Kier molecular flexibility index (Phi) is 4.60. The van der Waals surface area contributed by atoms with Crippen molar-refractivity contribution in [1.82, 2.24) is 9.55 Å². The fraction of sp³-hybridized carbons (Fsp3) is 0.263. The largest absolute Gasteiger partial charge is 0.268 e. The number of thiophene rings is 1. The summed E-state index contributed by atoms with van der Waals surface area (Å²) in [5, 5.41) is 1.55. The van der Waals surface area contributed by atoms with Crippen molar-refractivity contribution in [2.45, 2.75) is 31.3 Å². The van der Waals surface area contributed by atoms with Crippen molar-refractivity contribution in [3.63, 3.8) is 0 Å². The van der Waals surface area contributed by atoms with Crippen molar-refractivity contribution in [2.75, 3.05) is 5.75 Å². The van der Waals surface area contributed by atoms with E-state index in [0.29, 0.717) is 5.75 Å². The Bertz CT molecular complexity index is 1050. The number of aromatic nitrogens is 2. The SMILES string of the molecule is C=C(Br)CSc1nc2sc3c(c2c(=O)n1-c1cccc(C)c1)CCC3. The molecule has 3 nitrogen and oxygen atoms in total. The number of hydrogen-bond acceptors (Lipinski definition) is 4. The van der Waals surface area contributed by atoms with Crippen LogP contribution in [0.2, 0.25) is 0 Å². The van der Waals surface area contributed by atoms with Gasteiger partial charge < -0.3 is 0 Å². The van der Waals surface area contributed by atoms with Crippen molar-refractivity contribution in [1.29, 1.82) is 0 Å². The molecule has 2 aromatic heterocycles. The van der Waals surface area contributed by atoms with Crippen LogP contribution in [0.5, 0.6) is 0 Å². The molecule has 0 bridgehead atoms. The van der Waals surface area contributed by atoms with Crippen LogP contribution >= 0.6 is 39.0 Å². The molecule has 0 amide bonds. The molecule has 1 aromatic carbocycles. The first kappa shape index (κ1) is 17.1. The molecule has 25 heavy (non-hydrogen) atoms. The second kappa shape index (κ2) is 6.74. The van der Waals surface area contributed by atoms with Crippen molar-refractivity contribution >= 4 is 49.2 Å². The van der Waals surface area contributed by atoms with Gasteiger partial charge in [-0.25, -0.2) is 4.98 Å². The van der Waals surface area contributed by atoms with E-state index in [1.54, 1.807) is 15.9 Å². The third kappa shape index (κ3) is 3.11. The highest BCUT2D eigenvalue weighted by Crippen LogP contribution is 2.36. The molecular formula is C19H17BrN2OS2. The molecule has 128 valence electrons. The Hall–Kier alpha value is -1.37. The van der Waals surface area contributed by atoms with Crippen molar-refractivity contribution in [3.05, 3.63) is 61.7 Å². The highest BCUT2D eigenvalue weighted by molar-refractivity contribution is 9.11. The summed E-state index contributed by atoms with van der Waals surface area (Å²) in [5.74, 6) is 0.675. The Morgan fingerprint density at radius 3 is 3.04 bits per heavy atom. The maximum atomic E-state index is 13.4. The predicted octanol–water partition coefficient (Wildman–Crippen LogP) is 5.25. The third-order valence-electron chi connectivity index (χ3n) is 4.33. The molecule has 0 aliphatic heterocycles. The van der Waals surface area contributed by atoms with Gasteiger partial charge in [0.25, 0.3) is 5.56 Å². The van der Waals surface area contributed by atoms with Crippen LogP contribution in [0.1, 0.15) is 22.4 Å². The number of hydrogen-bond donors (Lipinski definition) is 0. The van der Waals surface area contributed by atoms with Crippen LogP contribution < -0.4 is 5.56 Å². The Balaban J connectivity index is 1.99. The summed E-state index contributed by atoms with van der Waals surface area (Å²) < 4.78 is 2.65. The second-order valence-electron chi connectivity index (χ2n) is 6.22. The van der Waals surface area contributed by atoms with E-state index >= 15 is 0 Å². The molecule has 1 aliphatic rings. The summed E-state index contributed by atoms with van der Waals surface area (Å²) in [7, 11) is 0. The van der Waals surface area contributed by atoms with E-state index in [9.17, 15) is 4.79 Å². The van der Waals surface area contributed by atoms with Crippen molar-refractivity contribution in [3.8, 4) is 5.69 Å². The maximum absolute atomic E-state index is 13.4. The molecule has 0 spiro atoms. The zero-order valence-electron chi connectivity index (χ0n) is 13.8. The van der Waals surface area contributed by atoms with Gasteiger partial charge in [0.1, 0.15) is 4.83 Å². The van der Waals surface area contributed by atoms with E-state index in [2.05, 4.69) is 22.5 Å². The van der Waals surface area contributed by atoms with Gasteiger partial charge >= 0.3 is 0 Å². The first-order valence-electron chi connectivity index (χ1n) is 8.15. The number of rotatable bonds is 4. The first-order chi connectivity index (χ1) is 12.0. The van der Waals surface area contributed by atoms with Gasteiger partial charge in [0.05, 0.1) is 11.1 Å². The summed E-state index contributed by atoms with van der Waals surface area (Å²) in [6.45, 7) is 5.93. The first-order valence-corrected chi connectivity index (χ1v) is 10.7. The lowest BCUT2D eigenvalue weighted by molar-refractivity contribution is 0.820. The number of fused-ring (bicyclic) bond motifs is 3. The zero-order valence-corrected chi connectivity index (χ0v) is 17.1. The predicted molar refractivity (Wildman–Crippen MR) is 111 cm³/mol. The van der Waals surface area contributed by atoms with Crippen LogP contribution in [-0.2, 0) is 12.8 Å². The second-order valence-corrected chi connectivity index (χ2v) is 9.36. The van der Waals surface area contributed by atoms with E-state index in [-0.39, 0.29) is 5.56 Å². The molecule has 4 rings (SSSR count). The summed E-state index contributed by atoms with van der Waals surface area (Å²) >= 11 is 6.62. The Morgan fingerprint density at radius 1 is 1.44 bits per heavy atom. The maximum Gasteiger partial charge on any atom is 0.267 e. The van der Waals surface area contributed by atoms with Crippen LogP contribution in [0, 0.1) is 6.92 Å². The van der Waals surface area contributed by atoms with E-state index in [1.807, 2.05) is 31.2 Å². The number of thioether (sulfide) groups is 1. The molecule has 0 fully saturated rings. The summed E-state index contributed by atoms with van der Waals surface area (Å²) in [5.41, 5.74) is 3.28. The lowest BCUT2D eigenvalue weighted by Gasteiger charge is -2.13. The van der Waals surface area contributed by atoms with Gasteiger partial charge in [0, 0.05) is 10.6 Å². The van der Waals surface area contributed by atoms with E-state index in [1.165, 1.54) is 22.2 Å². The molecular weight excluding hydrogens is 416 g/mol. The van der Waals surface area contributed by atoms with Crippen LogP contribution in [-0.4, -0.2) is 15.3 Å². The van der Waals surface area contributed by atoms with Gasteiger partial charge in [0.2, 0.25) is 0 Å². The molecule has 0 atom stereocenters. The normalized spacial score (nSPS) is 13.4. The number of nitrogens with zero attached hydrogens (tertiary/aromatic N) is 2. The minimum atomic E-state index is 0.0534. The highest BCUT2D eigenvalue weighted by atomic mass is 79.9. The fourth-order valence-electron chi connectivity index (χ4n) is 3.26. The number of halogens is 1. The van der Waals surface area contributed by atoms with Gasteiger partial charge in [-0.3, -0.25) is 9.36 Å². The van der Waals surface area contributed by atoms with Crippen molar-refractivity contribution < 1.29 is 0 Å². The van der Waals surface area contributed by atoms with Crippen LogP contribution in [0.25, 0.3) is 15.9 Å². The van der Waals surface area contributed by atoms with Crippen LogP contribution in [0.4, 0.5) is 0 Å². The zero-order chi connectivity index (χ0) is 17.6. The lowest BCUT2D eigenvalue weighted by Crippen LogP contribution is -2.22. The average molecular weight is 433 g/mol. The molecule has 0 radical (unpaired) electrons. The molecule has 2 heterocycles. The van der Waals surface area contributed by atoms with Gasteiger partial charge in [-0.05, 0) is 53.9 Å². The Labute approximate surface area is 162 Å². The minimum Gasteiger partial charge on any atom is -0.268 e. The number of aryl methyl sites for hydroxylation is 3. The van der Waals surface area contributed by atoms with Crippen LogP contribution in [0.3, 0.4) is 0 Å². The van der Waals surface area contributed by atoms with E-state index < -0.39 is 0 Å². The monoisotopic (exact) mass is 432 g/mol. The number of benzene rings is 1. The topological polar surface area (TPSA) is 34.9 Å². The van der Waals surface area contributed by atoms with Gasteiger partial charge in [-0.2, -0.15) is 0 Å². The molecule has 0 unspecified atom stereocenters. The molecule has 1 aliphatic carbocycles. The highest BCUT2D eigenvalue weighted by Gasteiger charge is 2.23. The summed E-state index contributed by atoms with van der Waals surface area (Å²) in [6.07, 6.45) is 3.20. The van der Waals surface area contributed by atoms with Crippen molar-refractivity contribution in [2.24, 2.45) is 0 Å². The molecule has 6 heteroatoms. The van der Waals surface area contributed by atoms with Crippen LogP contribution in [0.15, 0.2) is 45.3 Å². The quantitative estimate of drug-likeness (QED) is 0.417. The third-order valence-corrected chi connectivity index (χ3v) is 7.19. The van der Waals surface area contributed by atoms with E-state index in [0.717, 1.165) is 50.4 Å². The molecule has 0 saturated heterocycles. The average Bonchev–Trinajstić information content (AvgIpc) is 3.13. The summed E-state index contributed by atoms with van der Waals surface area (Å²) in [4.78, 5) is 20.5. The lowest BCUT2D eigenvalue weighted by atomic mass is 10.2. The Morgan fingerprint density at radius 2 is 2.28 bits per heavy atom. The van der Waals surface area contributed by atoms with Gasteiger partial charge in [0.15, 0.2) is 5.16 Å². The fourth-order valence-corrected chi connectivity index (χ4v) is 5.67. The van der Waals surface area contributed by atoms with Gasteiger partial charge in [-0.15, -0.1) is 11.3 Å². The van der Waals surface area contributed by atoms with E-state index in [4.69, 9.17) is 4.98 Å². The smallest absolute Gasteiger partial charge is 0.267 e. The molecule has 0 N–H and O–H groups in total. The molecule has 0 saturated carbocycles. The van der Waals surface area contributed by atoms with Gasteiger partial charge in [-0.1, -0.05) is 46.4 Å². The standard InChI is InChI=1S/C19H17BrN2OS2/c1-11-5-3-6-13(9-11)22-18(23)16-14-7-4-8-15(14)25-17(16)21-19(22)24-10-12(2)20/h3,5-6,9H,2,4,7-8,10H2,1H3. The summed E-state index contributed by atoms with van der Waals surface area (Å²) in [6, 6.07) is 8.03. The minimum absolute atomic E-state index is 0.0534.